The van der Waals surface area contributed by atoms with Crippen LogP contribution in [-0.2, 0) is 6.54 Å². The molecule has 1 aromatic carbocycles. The average molecular weight is 331 g/mol. The molecule has 2 aromatic heterocycles. The number of aromatic nitrogens is 3. The second kappa shape index (κ2) is 6.64. The Morgan fingerprint density at radius 1 is 1.14 bits per heavy atom. The fourth-order valence-electron chi connectivity index (χ4n) is 1.90. The predicted octanol–water partition coefficient (Wildman–Crippen LogP) is 3.18. The number of pyridine rings is 1. The van der Waals surface area contributed by atoms with Gasteiger partial charge in [0.2, 0.25) is 0 Å². The van der Waals surface area contributed by atoms with Crippen LogP contribution in [0.5, 0.6) is 0 Å². The second-order valence-corrected chi connectivity index (χ2v) is 5.69. The summed E-state index contributed by atoms with van der Waals surface area (Å²) in [6, 6.07) is 10.9. The van der Waals surface area contributed by atoms with Crippen molar-refractivity contribution in [3.8, 4) is 11.3 Å². The van der Waals surface area contributed by atoms with Gasteiger partial charge in [0.15, 0.2) is 0 Å². The molecule has 3 rings (SSSR count). The van der Waals surface area contributed by atoms with E-state index in [9.17, 15) is 4.79 Å². The Labute approximate surface area is 136 Å². The zero-order valence-electron chi connectivity index (χ0n) is 11.4. The molecule has 0 spiro atoms. The molecule has 0 fully saturated rings. The smallest absolute Gasteiger partial charge is 0.265 e. The van der Waals surface area contributed by atoms with E-state index in [4.69, 9.17) is 11.6 Å². The molecule has 2 heterocycles. The van der Waals surface area contributed by atoms with Gasteiger partial charge < -0.3 is 5.32 Å². The number of nitrogens with one attached hydrogen (secondary N) is 1. The van der Waals surface area contributed by atoms with Gasteiger partial charge in [-0.1, -0.05) is 28.2 Å². The highest BCUT2D eigenvalue weighted by Gasteiger charge is 2.17. The number of halogens is 1. The monoisotopic (exact) mass is 330 g/mol. The van der Waals surface area contributed by atoms with Crippen LogP contribution in [0.15, 0.2) is 48.8 Å². The largest absolute Gasteiger partial charge is 0.347 e. The van der Waals surface area contributed by atoms with Crippen LogP contribution in [0.3, 0.4) is 0 Å². The number of carbonyl (C=O) groups is 1. The van der Waals surface area contributed by atoms with Gasteiger partial charge in [-0.05, 0) is 41.4 Å². The van der Waals surface area contributed by atoms with Crippen molar-refractivity contribution in [3.63, 3.8) is 0 Å². The van der Waals surface area contributed by atoms with E-state index in [2.05, 4.69) is 19.9 Å². The minimum Gasteiger partial charge on any atom is -0.347 e. The minimum atomic E-state index is -0.197. The van der Waals surface area contributed by atoms with Crippen LogP contribution < -0.4 is 5.32 Å². The maximum Gasteiger partial charge on any atom is 0.265 e. The molecule has 1 amide bonds. The van der Waals surface area contributed by atoms with Crippen molar-refractivity contribution in [1.29, 1.82) is 0 Å². The van der Waals surface area contributed by atoms with Crippen molar-refractivity contribution in [3.05, 3.63) is 64.3 Å². The lowest BCUT2D eigenvalue weighted by Gasteiger charge is -2.05. The summed E-state index contributed by atoms with van der Waals surface area (Å²) in [5, 5.41) is 7.54. The minimum absolute atomic E-state index is 0.197. The molecule has 0 bridgehead atoms. The van der Waals surface area contributed by atoms with Crippen molar-refractivity contribution in [2.75, 3.05) is 0 Å². The van der Waals surface area contributed by atoms with Crippen LogP contribution in [0.1, 0.15) is 15.2 Å². The molecule has 0 aliphatic rings. The van der Waals surface area contributed by atoms with Crippen LogP contribution in [0.2, 0.25) is 5.02 Å². The Morgan fingerprint density at radius 2 is 1.86 bits per heavy atom. The van der Waals surface area contributed by atoms with E-state index >= 15 is 0 Å². The Kier molecular flexibility index (Phi) is 4.41. The van der Waals surface area contributed by atoms with Crippen molar-refractivity contribution >= 4 is 29.0 Å². The predicted molar refractivity (Wildman–Crippen MR) is 85.8 cm³/mol. The van der Waals surface area contributed by atoms with E-state index in [-0.39, 0.29) is 5.91 Å². The van der Waals surface area contributed by atoms with Gasteiger partial charge in [-0.2, -0.15) is 0 Å². The summed E-state index contributed by atoms with van der Waals surface area (Å²) < 4.78 is 3.88. The Bertz CT molecular complexity index is 774. The van der Waals surface area contributed by atoms with Crippen LogP contribution in [0.4, 0.5) is 0 Å². The van der Waals surface area contributed by atoms with E-state index in [1.165, 1.54) is 0 Å². The number of benzene rings is 1. The fraction of sp³-hybridized carbons (Fsp3) is 0.0667. The van der Waals surface area contributed by atoms with E-state index in [1.54, 1.807) is 24.5 Å². The standard InChI is InChI=1S/C15H11ClN4OS/c16-12-3-1-11(2-4-12)13-14(22-20-19-13)15(21)18-9-10-5-7-17-8-6-10/h1-8H,9H2,(H,18,21). The van der Waals surface area contributed by atoms with Crippen LogP contribution >= 0.6 is 23.1 Å². The van der Waals surface area contributed by atoms with Gasteiger partial charge >= 0.3 is 0 Å². The van der Waals surface area contributed by atoms with Gasteiger partial charge in [-0.15, -0.1) is 5.10 Å². The molecule has 0 atom stereocenters. The molecule has 0 aliphatic carbocycles. The summed E-state index contributed by atoms with van der Waals surface area (Å²) in [5.41, 5.74) is 2.36. The lowest BCUT2D eigenvalue weighted by Crippen LogP contribution is -2.22. The molecule has 0 unspecified atom stereocenters. The highest BCUT2D eigenvalue weighted by Crippen LogP contribution is 2.25. The molecule has 7 heteroatoms. The summed E-state index contributed by atoms with van der Waals surface area (Å²) in [6.07, 6.45) is 3.38. The van der Waals surface area contributed by atoms with E-state index in [1.807, 2.05) is 24.3 Å². The molecule has 0 saturated heterocycles. The SMILES string of the molecule is O=C(NCc1ccncc1)c1snnc1-c1ccc(Cl)cc1. The third-order valence-corrected chi connectivity index (χ3v) is 3.99. The zero-order valence-corrected chi connectivity index (χ0v) is 12.9. The zero-order chi connectivity index (χ0) is 15.4. The maximum absolute atomic E-state index is 12.3. The summed E-state index contributed by atoms with van der Waals surface area (Å²) >= 11 is 6.95. The second-order valence-electron chi connectivity index (χ2n) is 4.50. The van der Waals surface area contributed by atoms with Crippen molar-refractivity contribution < 1.29 is 4.79 Å². The van der Waals surface area contributed by atoms with E-state index < -0.39 is 0 Å². The molecule has 110 valence electrons. The molecule has 1 N–H and O–H groups in total. The summed E-state index contributed by atoms with van der Waals surface area (Å²) in [4.78, 5) is 16.7. The van der Waals surface area contributed by atoms with Gasteiger partial charge in [-0.3, -0.25) is 9.78 Å². The first-order chi connectivity index (χ1) is 10.7. The topological polar surface area (TPSA) is 67.8 Å². The number of rotatable bonds is 4. The Morgan fingerprint density at radius 3 is 2.59 bits per heavy atom. The van der Waals surface area contributed by atoms with Crippen LogP contribution in [0.25, 0.3) is 11.3 Å². The summed E-state index contributed by atoms with van der Waals surface area (Å²) in [6.45, 7) is 0.430. The van der Waals surface area contributed by atoms with E-state index in [0.29, 0.717) is 22.1 Å². The Hall–Kier alpha value is -2.31. The quantitative estimate of drug-likeness (QED) is 0.797. The van der Waals surface area contributed by atoms with Crippen LogP contribution in [0, 0.1) is 0 Å². The van der Waals surface area contributed by atoms with E-state index in [0.717, 1.165) is 22.7 Å². The third kappa shape index (κ3) is 3.29. The maximum atomic E-state index is 12.3. The van der Waals surface area contributed by atoms with Gasteiger partial charge in [0, 0.05) is 29.5 Å². The number of hydrogen-bond acceptors (Lipinski definition) is 5. The number of hydrogen-bond donors (Lipinski definition) is 1. The average Bonchev–Trinajstić information content (AvgIpc) is 3.04. The summed E-state index contributed by atoms with van der Waals surface area (Å²) in [7, 11) is 0. The molecule has 0 aliphatic heterocycles. The molecule has 3 aromatic rings. The van der Waals surface area contributed by atoms with Gasteiger partial charge in [0.25, 0.3) is 5.91 Å². The first kappa shape index (κ1) is 14.6. The van der Waals surface area contributed by atoms with Gasteiger partial charge in [0.05, 0.1) is 0 Å². The normalized spacial score (nSPS) is 10.4. The molecule has 5 nitrogen and oxygen atoms in total. The highest BCUT2D eigenvalue weighted by atomic mass is 35.5. The molecular weight excluding hydrogens is 320 g/mol. The van der Waals surface area contributed by atoms with Gasteiger partial charge in [-0.25, -0.2) is 0 Å². The molecule has 0 radical (unpaired) electrons. The lowest BCUT2D eigenvalue weighted by atomic mass is 10.1. The molecule has 0 saturated carbocycles. The molecule has 22 heavy (non-hydrogen) atoms. The van der Waals surface area contributed by atoms with Crippen molar-refractivity contribution in [2.45, 2.75) is 6.54 Å². The van der Waals surface area contributed by atoms with Gasteiger partial charge in [0.1, 0.15) is 10.6 Å². The number of amides is 1. The number of nitrogens with zero attached hydrogens (tertiary/aromatic N) is 3. The highest BCUT2D eigenvalue weighted by molar-refractivity contribution is 7.08. The Balaban J connectivity index is 1.76. The first-order valence-corrected chi connectivity index (χ1v) is 7.64. The first-order valence-electron chi connectivity index (χ1n) is 6.49. The van der Waals surface area contributed by atoms with Crippen molar-refractivity contribution in [2.24, 2.45) is 0 Å². The molecular formula is C15H11ClN4OS. The summed E-state index contributed by atoms with van der Waals surface area (Å²) in [5.74, 6) is -0.197. The third-order valence-electron chi connectivity index (χ3n) is 3.01. The van der Waals surface area contributed by atoms with Crippen LogP contribution in [-0.4, -0.2) is 20.5 Å². The lowest BCUT2D eigenvalue weighted by molar-refractivity contribution is 0.0955. The fourth-order valence-corrected chi connectivity index (χ4v) is 2.63. The van der Waals surface area contributed by atoms with Crippen molar-refractivity contribution in [1.82, 2.24) is 19.9 Å². The number of carbonyl (C=O) groups excluding carboxylic acids is 1.